The molecule has 148 valence electrons. The Morgan fingerprint density at radius 2 is 1.08 bits per heavy atom. The summed E-state index contributed by atoms with van der Waals surface area (Å²) in [5.74, 6) is 1.19. The Morgan fingerprint density at radius 1 is 0.640 bits per heavy atom. The van der Waals surface area contributed by atoms with Gasteiger partial charge in [-0.3, -0.25) is 0 Å². The van der Waals surface area contributed by atoms with E-state index in [1.165, 1.54) is 102 Å². The molecule has 0 aromatic carbocycles. The van der Waals surface area contributed by atoms with Gasteiger partial charge in [0, 0.05) is 10.7 Å². The van der Waals surface area contributed by atoms with Crippen LogP contribution < -0.4 is 0 Å². The maximum absolute atomic E-state index is 5.43. The molecule has 0 aromatic heterocycles. The number of allylic oxidation sites excluding steroid dienone is 1. The highest BCUT2D eigenvalue weighted by molar-refractivity contribution is 9.09. The lowest BCUT2D eigenvalue weighted by atomic mass is 10.1. The summed E-state index contributed by atoms with van der Waals surface area (Å²) in [6.07, 6.45) is 24.8. The van der Waals surface area contributed by atoms with Crippen molar-refractivity contribution in [3.8, 4) is 0 Å². The van der Waals surface area contributed by atoms with E-state index in [2.05, 4.69) is 44.0 Å². The summed E-state index contributed by atoms with van der Waals surface area (Å²) in [5, 5.41) is 2.32. The van der Waals surface area contributed by atoms with Crippen molar-refractivity contribution in [3.05, 3.63) is 12.2 Å². The van der Waals surface area contributed by atoms with Crippen LogP contribution in [0, 0.1) is 0 Å². The molecular weight excluding hydrogens is 476 g/mol. The quantitative estimate of drug-likeness (QED) is 0.0729. The van der Waals surface area contributed by atoms with Crippen LogP contribution in [-0.2, 0) is 0 Å². The highest BCUT2D eigenvalue weighted by Gasteiger charge is 1.95. The number of rotatable bonds is 19. The van der Waals surface area contributed by atoms with Gasteiger partial charge in [-0.05, 0) is 43.9 Å². The summed E-state index contributed by atoms with van der Waals surface area (Å²) in [7, 11) is 0. The molecule has 0 saturated heterocycles. The monoisotopic (exact) mass is 512 g/mol. The van der Waals surface area contributed by atoms with Gasteiger partial charge in [0.15, 0.2) is 0 Å². The summed E-state index contributed by atoms with van der Waals surface area (Å²) >= 11 is 14.3. The van der Waals surface area contributed by atoms with Crippen LogP contribution in [0.3, 0.4) is 0 Å². The minimum absolute atomic E-state index is 1.08. The van der Waals surface area contributed by atoms with Crippen molar-refractivity contribution in [3.63, 3.8) is 0 Å². The van der Waals surface area contributed by atoms with Gasteiger partial charge < -0.3 is 0 Å². The minimum Gasteiger partial charge on any atom is -0.115 e. The first kappa shape index (κ1) is 26.1. The van der Waals surface area contributed by atoms with Crippen molar-refractivity contribution in [2.75, 3.05) is 16.4 Å². The van der Waals surface area contributed by atoms with Crippen LogP contribution in [0.25, 0.3) is 0 Å². The number of alkyl halides is 2. The highest BCUT2D eigenvalue weighted by atomic mass is 79.9. The van der Waals surface area contributed by atoms with E-state index >= 15 is 0 Å². The van der Waals surface area contributed by atoms with Crippen LogP contribution >= 0.6 is 55.8 Å². The third-order valence-electron chi connectivity index (χ3n) is 4.28. The van der Waals surface area contributed by atoms with Crippen LogP contribution in [0.5, 0.6) is 0 Å². The minimum atomic E-state index is 1.08. The molecule has 0 bridgehead atoms. The van der Waals surface area contributed by atoms with Crippen molar-refractivity contribution < 1.29 is 0 Å². The van der Waals surface area contributed by atoms with Gasteiger partial charge in [0.05, 0.1) is 4.20 Å². The molecule has 0 aliphatic carbocycles. The predicted molar refractivity (Wildman–Crippen MR) is 131 cm³/mol. The van der Waals surface area contributed by atoms with Gasteiger partial charge >= 0.3 is 0 Å². The lowest BCUT2D eigenvalue weighted by Crippen LogP contribution is -1.87. The van der Waals surface area contributed by atoms with Crippen molar-refractivity contribution in [2.24, 2.45) is 0 Å². The van der Waals surface area contributed by atoms with Gasteiger partial charge in [-0.25, -0.2) is 0 Å². The van der Waals surface area contributed by atoms with E-state index in [-0.39, 0.29) is 0 Å². The molecule has 0 saturated carbocycles. The molecule has 0 rings (SSSR count). The highest BCUT2D eigenvalue weighted by Crippen LogP contribution is 2.14. The molecule has 0 radical (unpaired) electrons. The third-order valence-corrected chi connectivity index (χ3v) is 6.81. The standard InChI is InChI=1S/C21H38Br2S2/c22-18-14-10-6-2-1-5-9-13-17-21(24)25-20-16-12-8-4-3-7-11-15-19-23/h13,17H,1-12,14-16,18-20H2. The summed E-state index contributed by atoms with van der Waals surface area (Å²) in [4.78, 5) is 0. The Hall–Kier alpha value is 1.14. The molecule has 0 nitrogen and oxygen atoms in total. The largest absolute Gasteiger partial charge is 0.115 e. The molecule has 0 fully saturated rings. The zero-order valence-corrected chi connectivity index (χ0v) is 20.8. The molecule has 0 aliphatic rings. The number of hydrogen-bond acceptors (Lipinski definition) is 2. The Morgan fingerprint density at radius 3 is 1.60 bits per heavy atom. The molecule has 0 atom stereocenters. The van der Waals surface area contributed by atoms with E-state index in [9.17, 15) is 0 Å². The second kappa shape index (κ2) is 23.2. The first-order chi connectivity index (χ1) is 12.3. The number of hydrogen-bond donors (Lipinski definition) is 0. The first-order valence-corrected chi connectivity index (χ1v) is 13.9. The summed E-state index contributed by atoms with van der Waals surface area (Å²) in [6.45, 7) is 0. The zero-order chi connectivity index (χ0) is 18.4. The normalized spacial score (nSPS) is 11.4. The topological polar surface area (TPSA) is 0 Å². The van der Waals surface area contributed by atoms with Crippen LogP contribution in [0.4, 0.5) is 0 Å². The lowest BCUT2D eigenvalue weighted by molar-refractivity contribution is 0.588. The van der Waals surface area contributed by atoms with Gasteiger partial charge in [-0.1, -0.05) is 114 Å². The lowest BCUT2D eigenvalue weighted by Gasteiger charge is -2.02. The number of unbranched alkanes of at least 4 members (excludes halogenated alkanes) is 13. The molecule has 25 heavy (non-hydrogen) atoms. The van der Waals surface area contributed by atoms with Crippen LogP contribution in [-0.4, -0.2) is 20.6 Å². The van der Waals surface area contributed by atoms with E-state index in [1.54, 1.807) is 0 Å². The third kappa shape index (κ3) is 23.1. The smallest absolute Gasteiger partial charge is 0.0702 e. The average molecular weight is 514 g/mol. The summed E-state index contributed by atoms with van der Waals surface area (Å²) in [6, 6.07) is 0. The number of thioether (sulfide) groups is 1. The Kier molecular flexibility index (Phi) is 24.2. The Bertz CT molecular complexity index is 306. The molecule has 0 spiro atoms. The molecule has 0 amide bonds. The maximum atomic E-state index is 5.43. The fourth-order valence-corrected chi connectivity index (χ4v) is 4.60. The molecule has 0 aliphatic heterocycles. The van der Waals surface area contributed by atoms with Crippen molar-refractivity contribution >= 4 is 60.0 Å². The van der Waals surface area contributed by atoms with Crippen molar-refractivity contribution in [1.29, 1.82) is 0 Å². The number of thiocarbonyl (C=S) groups is 1. The predicted octanol–water partition coefficient (Wildman–Crippen LogP) is 9.24. The van der Waals surface area contributed by atoms with E-state index < -0.39 is 0 Å². The Labute approximate surface area is 184 Å². The molecule has 0 N–H and O–H groups in total. The first-order valence-electron chi connectivity index (χ1n) is 10.3. The van der Waals surface area contributed by atoms with Crippen LogP contribution in [0.1, 0.15) is 96.3 Å². The number of halogens is 2. The van der Waals surface area contributed by atoms with Crippen LogP contribution in [0.2, 0.25) is 0 Å². The van der Waals surface area contributed by atoms with E-state index in [4.69, 9.17) is 12.2 Å². The van der Waals surface area contributed by atoms with Crippen molar-refractivity contribution in [2.45, 2.75) is 96.3 Å². The molecule has 0 heterocycles. The molecular formula is C21H38Br2S2. The molecule has 0 aromatic rings. The van der Waals surface area contributed by atoms with Gasteiger partial charge in [-0.15, -0.1) is 11.8 Å². The SMILES string of the molecule is S=C(C=CCCCCCCCCBr)SCCCCCCCCCCBr. The average Bonchev–Trinajstić information content (AvgIpc) is 2.62. The van der Waals surface area contributed by atoms with E-state index in [0.29, 0.717) is 0 Å². The summed E-state index contributed by atoms with van der Waals surface area (Å²) < 4.78 is 1.08. The van der Waals surface area contributed by atoms with Gasteiger partial charge in [0.1, 0.15) is 0 Å². The van der Waals surface area contributed by atoms with E-state index in [1.807, 2.05) is 11.8 Å². The van der Waals surface area contributed by atoms with Gasteiger partial charge in [-0.2, -0.15) is 0 Å². The second-order valence-electron chi connectivity index (χ2n) is 6.69. The van der Waals surface area contributed by atoms with Crippen molar-refractivity contribution in [1.82, 2.24) is 0 Å². The summed E-state index contributed by atoms with van der Waals surface area (Å²) in [5.41, 5.74) is 0. The van der Waals surface area contributed by atoms with Crippen LogP contribution in [0.15, 0.2) is 12.2 Å². The fraction of sp³-hybridized carbons (Fsp3) is 0.857. The molecule has 0 unspecified atom stereocenters. The fourth-order valence-electron chi connectivity index (χ4n) is 2.72. The maximum Gasteiger partial charge on any atom is 0.0702 e. The van der Waals surface area contributed by atoms with Gasteiger partial charge in [0.25, 0.3) is 0 Å². The second-order valence-corrected chi connectivity index (χ2v) is 10.1. The molecule has 4 heteroatoms. The zero-order valence-electron chi connectivity index (χ0n) is 16.0. The Balaban J connectivity index is 3.24. The van der Waals surface area contributed by atoms with Gasteiger partial charge in [0.2, 0.25) is 0 Å². The van der Waals surface area contributed by atoms with E-state index in [0.717, 1.165) is 14.9 Å².